The van der Waals surface area contributed by atoms with Crippen molar-refractivity contribution in [1.29, 1.82) is 0 Å². The van der Waals surface area contributed by atoms with Crippen LogP contribution in [0.4, 0.5) is 0 Å². The lowest BCUT2D eigenvalue weighted by atomic mass is 9.96. The molecule has 126 valence electrons. The number of fused-ring (bicyclic) bond motifs is 2. The molecule has 2 aliphatic rings. The molecule has 2 saturated heterocycles. The summed E-state index contributed by atoms with van der Waals surface area (Å²) in [6, 6.07) is 8.76. The second-order valence-corrected chi connectivity index (χ2v) is 6.89. The Labute approximate surface area is 142 Å². The number of carbonyl (C=O) groups is 1. The quantitative estimate of drug-likeness (QED) is 0.870. The highest BCUT2D eigenvalue weighted by Gasteiger charge is 2.44. The summed E-state index contributed by atoms with van der Waals surface area (Å²) >= 11 is 0. The number of piperidine rings is 1. The van der Waals surface area contributed by atoms with Gasteiger partial charge in [0.2, 0.25) is 0 Å². The van der Waals surface area contributed by atoms with E-state index in [9.17, 15) is 4.79 Å². The van der Waals surface area contributed by atoms with Crippen molar-refractivity contribution in [3.05, 3.63) is 47.8 Å². The van der Waals surface area contributed by atoms with Crippen molar-refractivity contribution in [2.45, 2.75) is 50.7 Å². The van der Waals surface area contributed by atoms with Crippen LogP contribution >= 0.6 is 0 Å². The summed E-state index contributed by atoms with van der Waals surface area (Å²) in [7, 11) is 1.66. The van der Waals surface area contributed by atoms with Crippen LogP contribution in [0.25, 0.3) is 0 Å². The molecule has 0 spiro atoms. The summed E-state index contributed by atoms with van der Waals surface area (Å²) < 4.78 is 7.36. The van der Waals surface area contributed by atoms with Crippen LogP contribution in [0.2, 0.25) is 0 Å². The van der Waals surface area contributed by atoms with Crippen molar-refractivity contribution in [2.75, 3.05) is 7.11 Å². The molecule has 1 amide bonds. The molecule has 2 unspecified atom stereocenters. The number of benzene rings is 1. The highest BCUT2D eigenvalue weighted by atomic mass is 16.5. The maximum absolute atomic E-state index is 13.1. The second-order valence-electron chi connectivity index (χ2n) is 6.89. The van der Waals surface area contributed by atoms with E-state index in [1.54, 1.807) is 7.11 Å². The van der Waals surface area contributed by atoms with Gasteiger partial charge in [0, 0.05) is 30.0 Å². The molecule has 2 bridgehead atoms. The van der Waals surface area contributed by atoms with Crippen LogP contribution in [0.3, 0.4) is 0 Å². The van der Waals surface area contributed by atoms with E-state index < -0.39 is 0 Å². The zero-order valence-electron chi connectivity index (χ0n) is 14.2. The lowest BCUT2D eigenvalue weighted by molar-refractivity contribution is 0.0524. The van der Waals surface area contributed by atoms with Gasteiger partial charge in [0.15, 0.2) is 0 Å². The van der Waals surface area contributed by atoms with E-state index in [-0.39, 0.29) is 5.91 Å². The molecule has 0 saturated carbocycles. The summed E-state index contributed by atoms with van der Waals surface area (Å²) in [6.45, 7) is 1.98. The minimum atomic E-state index is 0.159. The first kappa shape index (κ1) is 15.2. The van der Waals surface area contributed by atoms with Gasteiger partial charge in [-0.1, -0.05) is 0 Å². The zero-order valence-corrected chi connectivity index (χ0v) is 14.2. The number of rotatable bonds is 3. The zero-order chi connectivity index (χ0) is 16.7. The van der Waals surface area contributed by atoms with Gasteiger partial charge in [-0.15, -0.1) is 0 Å². The van der Waals surface area contributed by atoms with Crippen molar-refractivity contribution in [3.63, 3.8) is 0 Å². The first-order valence-electron chi connectivity index (χ1n) is 8.64. The predicted octanol–water partition coefficient (Wildman–Crippen LogP) is 3.21. The summed E-state index contributed by atoms with van der Waals surface area (Å²) in [5, 5.41) is 4.39. The smallest absolute Gasteiger partial charge is 0.254 e. The molecule has 5 heteroatoms. The van der Waals surface area contributed by atoms with E-state index in [2.05, 4.69) is 14.7 Å². The van der Waals surface area contributed by atoms with Crippen LogP contribution in [0.15, 0.2) is 36.7 Å². The summed E-state index contributed by atoms with van der Waals surface area (Å²) in [4.78, 5) is 15.2. The van der Waals surface area contributed by atoms with Gasteiger partial charge in [-0.05, 0) is 62.4 Å². The number of methoxy groups -OCH3 is 1. The Morgan fingerprint density at radius 2 is 1.96 bits per heavy atom. The number of aromatic nitrogens is 2. The Morgan fingerprint density at radius 1 is 1.21 bits per heavy atom. The van der Waals surface area contributed by atoms with Gasteiger partial charge in [0.25, 0.3) is 5.91 Å². The molecule has 2 aliphatic heterocycles. The molecule has 24 heavy (non-hydrogen) atoms. The number of ether oxygens (including phenoxy) is 1. The molecule has 5 nitrogen and oxygen atoms in total. The van der Waals surface area contributed by atoms with E-state index in [1.165, 1.54) is 0 Å². The minimum Gasteiger partial charge on any atom is -0.496 e. The normalized spacial score (nSPS) is 25.8. The van der Waals surface area contributed by atoms with Crippen molar-refractivity contribution in [1.82, 2.24) is 14.7 Å². The molecule has 0 N–H and O–H groups in total. The van der Waals surface area contributed by atoms with E-state index in [0.717, 1.165) is 42.6 Å². The Hall–Kier alpha value is -2.30. The minimum absolute atomic E-state index is 0.159. The van der Waals surface area contributed by atoms with Gasteiger partial charge in [-0.2, -0.15) is 5.10 Å². The van der Waals surface area contributed by atoms with Crippen LogP contribution in [-0.2, 0) is 0 Å². The second kappa shape index (κ2) is 5.96. The van der Waals surface area contributed by atoms with E-state index in [4.69, 9.17) is 4.74 Å². The lowest BCUT2D eigenvalue weighted by Gasteiger charge is -2.39. The number of hydrogen-bond donors (Lipinski definition) is 0. The average molecular weight is 325 g/mol. The van der Waals surface area contributed by atoms with Gasteiger partial charge in [0.05, 0.1) is 13.2 Å². The predicted molar refractivity (Wildman–Crippen MR) is 91.2 cm³/mol. The largest absolute Gasteiger partial charge is 0.496 e. The maximum atomic E-state index is 13.1. The molecular weight excluding hydrogens is 302 g/mol. The Kier molecular flexibility index (Phi) is 3.79. The summed E-state index contributed by atoms with van der Waals surface area (Å²) in [6.07, 6.45) is 8.07. The average Bonchev–Trinajstić information content (AvgIpc) is 3.21. The van der Waals surface area contributed by atoms with Crippen LogP contribution < -0.4 is 4.74 Å². The molecule has 3 heterocycles. The van der Waals surface area contributed by atoms with Crippen LogP contribution in [0.5, 0.6) is 5.75 Å². The summed E-state index contributed by atoms with van der Waals surface area (Å²) in [5.41, 5.74) is 1.77. The number of aryl methyl sites for hydroxylation is 1. The fraction of sp³-hybridized carbons (Fsp3) is 0.474. The molecule has 1 aromatic heterocycles. The van der Waals surface area contributed by atoms with Gasteiger partial charge < -0.3 is 9.64 Å². The molecule has 2 fully saturated rings. The number of nitrogens with zero attached hydrogens (tertiary/aromatic N) is 3. The van der Waals surface area contributed by atoms with Crippen molar-refractivity contribution in [2.24, 2.45) is 0 Å². The Bertz CT molecular complexity index is 727. The van der Waals surface area contributed by atoms with Crippen LogP contribution in [0, 0.1) is 6.92 Å². The number of amides is 1. The lowest BCUT2D eigenvalue weighted by Crippen LogP contribution is -2.47. The van der Waals surface area contributed by atoms with Crippen LogP contribution in [-0.4, -0.2) is 39.8 Å². The van der Waals surface area contributed by atoms with Crippen molar-refractivity contribution < 1.29 is 9.53 Å². The van der Waals surface area contributed by atoms with Gasteiger partial charge in [-0.3, -0.25) is 9.48 Å². The van der Waals surface area contributed by atoms with Gasteiger partial charge in [0.1, 0.15) is 5.75 Å². The van der Waals surface area contributed by atoms with Crippen molar-refractivity contribution in [3.8, 4) is 5.75 Å². The van der Waals surface area contributed by atoms with Crippen molar-refractivity contribution >= 4 is 5.91 Å². The first-order chi connectivity index (χ1) is 11.7. The van der Waals surface area contributed by atoms with E-state index in [1.807, 2.05) is 43.6 Å². The Morgan fingerprint density at radius 3 is 2.54 bits per heavy atom. The molecule has 0 radical (unpaired) electrons. The maximum Gasteiger partial charge on any atom is 0.254 e. The number of carbonyl (C=O) groups excluding carboxylic acids is 1. The van der Waals surface area contributed by atoms with E-state index >= 15 is 0 Å². The molecule has 2 atom stereocenters. The monoisotopic (exact) mass is 325 g/mol. The van der Waals surface area contributed by atoms with Gasteiger partial charge >= 0.3 is 0 Å². The van der Waals surface area contributed by atoms with Crippen LogP contribution in [0.1, 0.15) is 47.6 Å². The standard InChI is InChI=1S/C19H23N3O2/c1-13-10-14(4-7-18(13)24-2)19(23)22-15-5-6-16(22)12-17(11-15)21-9-3-8-20-21/h3-4,7-10,15-17H,5-6,11-12H2,1-2H3. The molecule has 0 aliphatic carbocycles. The Balaban J connectivity index is 1.55. The topological polar surface area (TPSA) is 47.4 Å². The fourth-order valence-electron chi connectivity index (χ4n) is 4.35. The third kappa shape index (κ3) is 2.48. The first-order valence-corrected chi connectivity index (χ1v) is 8.64. The highest BCUT2D eigenvalue weighted by molar-refractivity contribution is 5.95. The molecule has 4 rings (SSSR count). The van der Waals surface area contributed by atoms with Gasteiger partial charge in [-0.25, -0.2) is 0 Å². The SMILES string of the molecule is COc1ccc(C(=O)N2C3CCC2CC(n2cccn2)C3)cc1C. The highest BCUT2D eigenvalue weighted by Crippen LogP contribution is 2.41. The molecule has 1 aromatic carbocycles. The molecular formula is C19H23N3O2. The third-order valence-corrected chi connectivity index (χ3v) is 5.48. The number of hydrogen-bond acceptors (Lipinski definition) is 3. The molecule has 2 aromatic rings. The summed E-state index contributed by atoms with van der Waals surface area (Å²) in [5.74, 6) is 0.985. The fourth-order valence-corrected chi connectivity index (χ4v) is 4.35. The van der Waals surface area contributed by atoms with E-state index in [0.29, 0.717) is 18.1 Å². The third-order valence-electron chi connectivity index (χ3n) is 5.48.